The number of carbonyl (C=O) groups excluding carboxylic acids is 1. The Morgan fingerprint density at radius 1 is 1.04 bits per heavy atom. The first kappa shape index (κ1) is 21.0. The second kappa shape index (κ2) is 9.04. The summed E-state index contributed by atoms with van der Waals surface area (Å²) in [6.45, 7) is 5.69. The zero-order chi connectivity index (χ0) is 20.8. The number of ketones is 1. The second-order valence-electron chi connectivity index (χ2n) is 6.96. The molecule has 0 fully saturated rings. The molecule has 28 heavy (non-hydrogen) atoms. The summed E-state index contributed by atoms with van der Waals surface area (Å²) in [6, 6.07) is 8.15. The van der Waals surface area contributed by atoms with Crippen LogP contribution < -0.4 is 0 Å². The number of aromatic hydroxyl groups is 2. The van der Waals surface area contributed by atoms with E-state index in [0.29, 0.717) is 12.0 Å². The molecule has 0 amide bonds. The van der Waals surface area contributed by atoms with Gasteiger partial charge in [0.15, 0.2) is 5.78 Å². The molecule has 0 heterocycles. The van der Waals surface area contributed by atoms with Crippen molar-refractivity contribution in [1.82, 2.24) is 0 Å². The quantitative estimate of drug-likeness (QED) is 0.375. The van der Waals surface area contributed by atoms with Crippen molar-refractivity contribution in [2.24, 2.45) is 0 Å². The second-order valence-corrected chi connectivity index (χ2v) is 6.96. The average molecular weight is 380 g/mol. The lowest BCUT2D eigenvalue weighted by Gasteiger charge is -2.08. The zero-order valence-corrected chi connectivity index (χ0v) is 16.2. The first-order valence-electron chi connectivity index (χ1n) is 8.89. The molecule has 0 aliphatic carbocycles. The van der Waals surface area contributed by atoms with E-state index in [-0.39, 0.29) is 29.0 Å². The molecule has 5 heteroatoms. The topological polar surface area (TPSA) is 94.8 Å². The number of allylic oxidation sites excluding steroid dienone is 3. The van der Waals surface area contributed by atoms with Crippen LogP contribution in [0.1, 0.15) is 46.5 Å². The molecule has 0 atom stereocenters. The molecular weight excluding hydrogens is 356 g/mol. The molecular formula is C23H24O5. The highest BCUT2D eigenvalue weighted by molar-refractivity contribution is 6.09. The Morgan fingerprint density at radius 2 is 1.75 bits per heavy atom. The average Bonchev–Trinajstić information content (AvgIpc) is 2.61. The minimum Gasteiger partial charge on any atom is -0.508 e. The van der Waals surface area contributed by atoms with Crippen molar-refractivity contribution in [3.63, 3.8) is 0 Å². The predicted octanol–water partition coefficient (Wildman–Crippen LogP) is 4.44. The molecule has 0 saturated heterocycles. The van der Waals surface area contributed by atoms with Crippen molar-refractivity contribution in [1.29, 1.82) is 0 Å². The Balaban J connectivity index is 2.29. The van der Waals surface area contributed by atoms with Crippen LogP contribution in [0, 0.1) is 6.92 Å². The van der Waals surface area contributed by atoms with E-state index in [4.69, 9.17) is 5.11 Å². The molecule has 0 spiro atoms. The van der Waals surface area contributed by atoms with Crippen LogP contribution in [-0.2, 0) is 17.6 Å². The van der Waals surface area contributed by atoms with Crippen LogP contribution in [0.15, 0.2) is 48.1 Å². The van der Waals surface area contributed by atoms with Crippen LogP contribution in [-0.4, -0.2) is 27.1 Å². The van der Waals surface area contributed by atoms with Crippen molar-refractivity contribution < 1.29 is 24.9 Å². The third kappa shape index (κ3) is 5.58. The van der Waals surface area contributed by atoms with Crippen molar-refractivity contribution in [3.05, 3.63) is 75.9 Å². The fourth-order valence-corrected chi connectivity index (χ4v) is 2.79. The van der Waals surface area contributed by atoms with Gasteiger partial charge in [0.1, 0.15) is 11.5 Å². The van der Waals surface area contributed by atoms with Crippen LogP contribution in [0.3, 0.4) is 0 Å². The van der Waals surface area contributed by atoms with Gasteiger partial charge in [0.05, 0.1) is 12.0 Å². The van der Waals surface area contributed by atoms with E-state index >= 15 is 0 Å². The number of aryl methyl sites for hydroxylation is 1. The molecule has 0 saturated carbocycles. The fraction of sp³-hybridized carbons (Fsp3) is 0.217. The standard InChI is InChI=1S/C23H24O5/c1-14(2)4-7-17-12-16(5-8-20(17)24)6-9-21(25)19-11-15(3)10-18(23(19)28)13-22(26)27/h4-6,8-12,24,28H,7,13H2,1-3H3,(H,26,27). The molecule has 2 aromatic carbocycles. The van der Waals surface area contributed by atoms with E-state index < -0.39 is 11.8 Å². The molecule has 0 aromatic heterocycles. The fourth-order valence-electron chi connectivity index (χ4n) is 2.79. The summed E-state index contributed by atoms with van der Waals surface area (Å²) >= 11 is 0. The van der Waals surface area contributed by atoms with Gasteiger partial charge in [0, 0.05) is 5.56 Å². The lowest BCUT2D eigenvalue weighted by molar-refractivity contribution is -0.136. The number of carboxylic acids is 1. The highest BCUT2D eigenvalue weighted by atomic mass is 16.4. The lowest BCUT2D eigenvalue weighted by Crippen LogP contribution is -2.04. The number of hydrogen-bond acceptors (Lipinski definition) is 4. The predicted molar refractivity (Wildman–Crippen MR) is 109 cm³/mol. The Labute approximate surface area is 164 Å². The van der Waals surface area contributed by atoms with Gasteiger partial charge in [0.25, 0.3) is 0 Å². The number of phenolic OH excluding ortho intramolecular Hbond substituents is 2. The summed E-state index contributed by atoms with van der Waals surface area (Å²) in [5.74, 6) is -1.62. The van der Waals surface area contributed by atoms with Crippen LogP contribution in [0.4, 0.5) is 0 Å². The molecule has 0 aliphatic heterocycles. The highest BCUT2D eigenvalue weighted by Gasteiger charge is 2.15. The Kier molecular flexibility index (Phi) is 6.77. The summed E-state index contributed by atoms with van der Waals surface area (Å²) in [6.07, 6.45) is 5.16. The van der Waals surface area contributed by atoms with Crippen LogP contribution in [0.25, 0.3) is 6.08 Å². The van der Waals surface area contributed by atoms with Crippen LogP contribution >= 0.6 is 0 Å². The lowest BCUT2D eigenvalue weighted by atomic mass is 9.99. The van der Waals surface area contributed by atoms with Gasteiger partial charge < -0.3 is 15.3 Å². The number of benzene rings is 2. The molecule has 0 bridgehead atoms. The summed E-state index contributed by atoms with van der Waals surface area (Å²) in [5.41, 5.74) is 3.59. The minimum atomic E-state index is -1.08. The maximum atomic E-state index is 12.5. The number of hydrogen-bond donors (Lipinski definition) is 3. The van der Waals surface area contributed by atoms with Crippen molar-refractivity contribution in [3.8, 4) is 11.5 Å². The maximum Gasteiger partial charge on any atom is 0.307 e. The molecule has 0 radical (unpaired) electrons. The van der Waals surface area contributed by atoms with Crippen LogP contribution in [0.2, 0.25) is 0 Å². The van der Waals surface area contributed by atoms with E-state index in [2.05, 4.69) is 0 Å². The van der Waals surface area contributed by atoms with Gasteiger partial charge in [-0.05, 0) is 68.2 Å². The third-order valence-corrected chi connectivity index (χ3v) is 4.20. The monoisotopic (exact) mass is 380 g/mol. The number of phenols is 2. The van der Waals surface area contributed by atoms with E-state index in [1.165, 1.54) is 12.1 Å². The first-order chi connectivity index (χ1) is 13.2. The van der Waals surface area contributed by atoms with Gasteiger partial charge in [-0.15, -0.1) is 0 Å². The van der Waals surface area contributed by atoms with Gasteiger partial charge in [-0.25, -0.2) is 0 Å². The SMILES string of the molecule is CC(C)=CCc1cc(C=CC(=O)c2cc(C)cc(CC(=O)O)c2O)ccc1O. The third-order valence-electron chi connectivity index (χ3n) is 4.20. The van der Waals surface area contributed by atoms with Crippen molar-refractivity contribution in [2.45, 2.75) is 33.6 Å². The molecule has 3 N–H and O–H groups in total. The molecule has 5 nitrogen and oxygen atoms in total. The summed E-state index contributed by atoms with van der Waals surface area (Å²) in [7, 11) is 0. The van der Waals surface area contributed by atoms with Crippen LogP contribution in [0.5, 0.6) is 11.5 Å². The van der Waals surface area contributed by atoms with E-state index in [1.54, 1.807) is 37.3 Å². The number of rotatable bonds is 7. The first-order valence-corrected chi connectivity index (χ1v) is 8.89. The summed E-state index contributed by atoms with van der Waals surface area (Å²) < 4.78 is 0. The normalized spacial score (nSPS) is 10.8. The smallest absolute Gasteiger partial charge is 0.307 e. The van der Waals surface area contributed by atoms with Gasteiger partial charge in [-0.2, -0.15) is 0 Å². The number of carbonyl (C=O) groups is 2. The molecule has 2 rings (SSSR count). The summed E-state index contributed by atoms with van der Waals surface area (Å²) in [4.78, 5) is 23.5. The maximum absolute atomic E-state index is 12.5. The molecule has 0 aliphatic rings. The number of carboxylic acid groups (broad SMARTS) is 1. The highest BCUT2D eigenvalue weighted by Crippen LogP contribution is 2.26. The Bertz CT molecular complexity index is 963. The van der Waals surface area contributed by atoms with Crippen molar-refractivity contribution >= 4 is 17.8 Å². The van der Waals surface area contributed by atoms with E-state index in [1.807, 2.05) is 19.9 Å². The molecule has 146 valence electrons. The van der Waals surface area contributed by atoms with Crippen molar-refractivity contribution in [2.75, 3.05) is 0 Å². The number of aliphatic carboxylic acids is 1. The molecule has 2 aromatic rings. The van der Waals surface area contributed by atoms with E-state index in [0.717, 1.165) is 16.7 Å². The van der Waals surface area contributed by atoms with Gasteiger partial charge in [0.2, 0.25) is 0 Å². The largest absolute Gasteiger partial charge is 0.508 e. The zero-order valence-electron chi connectivity index (χ0n) is 16.2. The Morgan fingerprint density at radius 3 is 2.39 bits per heavy atom. The van der Waals surface area contributed by atoms with Gasteiger partial charge in [-0.3, -0.25) is 9.59 Å². The van der Waals surface area contributed by atoms with Gasteiger partial charge in [-0.1, -0.05) is 29.9 Å². The summed E-state index contributed by atoms with van der Waals surface area (Å²) in [5, 5.41) is 29.2. The minimum absolute atomic E-state index is 0.0658. The van der Waals surface area contributed by atoms with E-state index in [9.17, 15) is 19.8 Å². The van der Waals surface area contributed by atoms with Gasteiger partial charge >= 0.3 is 5.97 Å². The molecule has 0 unspecified atom stereocenters. The Hall–Kier alpha value is -3.34.